The number of thioether (sulfide) groups is 1. The molecule has 0 radical (unpaired) electrons. The third kappa shape index (κ3) is 4.54. The van der Waals surface area contributed by atoms with E-state index in [9.17, 15) is 0 Å². The smallest absolute Gasteiger partial charge is 0.0193 e. The lowest BCUT2D eigenvalue weighted by molar-refractivity contribution is 0.629. The molecule has 2 heteroatoms. The van der Waals surface area contributed by atoms with Gasteiger partial charge >= 0.3 is 0 Å². The topological polar surface area (TPSA) is 12.0 Å². The number of aryl methyl sites for hydroxylation is 1. The van der Waals surface area contributed by atoms with Gasteiger partial charge in [0.25, 0.3) is 0 Å². The first-order chi connectivity index (χ1) is 7.26. The number of hydrogen-bond acceptors (Lipinski definition) is 2. The van der Waals surface area contributed by atoms with Crippen LogP contribution in [0.5, 0.6) is 0 Å². The number of hydrogen-bond donors (Lipinski definition) is 1. The van der Waals surface area contributed by atoms with Crippen LogP contribution in [-0.2, 0) is 0 Å². The maximum atomic E-state index is 3.77. The number of rotatable bonds is 6. The number of benzene rings is 1. The highest BCUT2D eigenvalue weighted by Crippen LogP contribution is 2.19. The van der Waals surface area contributed by atoms with E-state index in [1.54, 1.807) is 0 Å². The Balaban J connectivity index is 2.41. The van der Waals surface area contributed by atoms with Gasteiger partial charge in [-0.3, -0.25) is 0 Å². The molecule has 0 saturated carbocycles. The van der Waals surface area contributed by atoms with Crippen molar-refractivity contribution >= 4 is 11.8 Å². The minimum absolute atomic E-state index is 0.522. The van der Waals surface area contributed by atoms with Crippen LogP contribution in [0.3, 0.4) is 0 Å². The van der Waals surface area contributed by atoms with Crippen molar-refractivity contribution in [3.05, 3.63) is 42.5 Å². The van der Waals surface area contributed by atoms with Crippen molar-refractivity contribution in [3.8, 4) is 0 Å². The minimum Gasteiger partial charge on any atom is -0.316 e. The molecule has 1 atom stereocenters. The Labute approximate surface area is 97.0 Å². The zero-order chi connectivity index (χ0) is 11.1. The van der Waals surface area contributed by atoms with Crippen molar-refractivity contribution in [2.75, 3.05) is 12.8 Å². The fourth-order valence-electron chi connectivity index (χ4n) is 1.30. The highest BCUT2D eigenvalue weighted by atomic mass is 32.2. The van der Waals surface area contributed by atoms with Gasteiger partial charge in [-0.2, -0.15) is 0 Å². The average Bonchev–Trinajstić information content (AvgIpc) is 2.26. The second-order valence-corrected chi connectivity index (χ2v) is 4.73. The van der Waals surface area contributed by atoms with Gasteiger partial charge in [0.15, 0.2) is 0 Å². The molecule has 1 aromatic carbocycles. The Morgan fingerprint density at radius 2 is 2.07 bits per heavy atom. The summed E-state index contributed by atoms with van der Waals surface area (Å²) in [5.41, 5.74) is 1.32. The molecular formula is C13H19NS. The summed E-state index contributed by atoms with van der Waals surface area (Å²) in [6.45, 7) is 5.88. The number of nitrogens with one attached hydrogen (secondary N) is 1. The summed E-state index contributed by atoms with van der Waals surface area (Å²) in [4.78, 5) is 1.34. The van der Waals surface area contributed by atoms with Crippen LogP contribution < -0.4 is 5.32 Å². The van der Waals surface area contributed by atoms with Crippen LogP contribution in [0, 0.1) is 6.92 Å². The molecule has 1 nitrogen and oxygen atoms in total. The van der Waals surface area contributed by atoms with E-state index in [1.165, 1.54) is 10.5 Å². The zero-order valence-electron chi connectivity index (χ0n) is 9.49. The molecule has 0 aliphatic heterocycles. The van der Waals surface area contributed by atoms with Gasteiger partial charge in [0.1, 0.15) is 0 Å². The molecule has 0 aliphatic carbocycles. The van der Waals surface area contributed by atoms with Gasteiger partial charge < -0.3 is 5.32 Å². The molecule has 0 aliphatic rings. The van der Waals surface area contributed by atoms with Crippen molar-refractivity contribution in [3.63, 3.8) is 0 Å². The fourth-order valence-corrected chi connectivity index (χ4v) is 2.33. The van der Waals surface area contributed by atoms with E-state index in [0.29, 0.717) is 6.04 Å². The highest BCUT2D eigenvalue weighted by molar-refractivity contribution is 7.99. The third-order valence-electron chi connectivity index (χ3n) is 2.33. The standard InChI is InChI=1S/C13H19NS/c1-4-5-12(14-3)10-15-13-8-6-11(2)7-9-13/h4,6-9,12,14H,1,5,10H2,2-3H3. The predicted molar refractivity (Wildman–Crippen MR) is 69.6 cm³/mol. The molecule has 1 unspecified atom stereocenters. The molecule has 0 heterocycles. The first-order valence-electron chi connectivity index (χ1n) is 5.24. The first kappa shape index (κ1) is 12.3. The Kier molecular flexibility index (Phi) is 5.51. The van der Waals surface area contributed by atoms with Gasteiger partial charge in [-0.25, -0.2) is 0 Å². The predicted octanol–water partition coefficient (Wildman–Crippen LogP) is 3.25. The molecule has 82 valence electrons. The molecule has 1 aromatic rings. The molecule has 1 rings (SSSR count). The lowest BCUT2D eigenvalue weighted by atomic mass is 10.2. The van der Waals surface area contributed by atoms with Crippen LogP contribution in [0.1, 0.15) is 12.0 Å². The summed E-state index contributed by atoms with van der Waals surface area (Å²) in [6, 6.07) is 9.20. The average molecular weight is 221 g/mol. The lowest BCUT2D eigenvalue weighted by Gasteiger charge is -2.13. The Morgan fingerprint density at radius 3 is 2.60 bits per heavy atom. The van der Waals surface area contributed by atoms with Crippen LogP contribution >= 0.6 is 11.8 Å². The molecule has 0 aromatic heterocycles. The quantitative estimate of drug-likeness (QED) is 0.584. The van der Waals surface area contributed by atoms with Crippen molar-refractivity contribution in [1.82, 2.24) is 5.32 Å². The second-order valence-electron chi connectivity index (χ2n) is 3.63. The molecule has 0 amide bonds. The maximum absolute atomic E-state index is 3.77. The van der Waals surface area contributed by atoms with E-state index in [1.807, 2.05) is 24.9 Å². The lowest BCUT2D eigenvalue weighted by Crippen LogP contribution is -2.26. The SMILES string of the molecule is C=CCC(CSc1ccc(C)cc1)NC. The summed E-state index contributed by atoms with van der Waals surface area (Å²) in [7, 11) is 2.00. The van der Waals surface area contributed by atoms with E-state index in [-0.39, 0.29) is 0 Å². The largest absolute Gasteiger partial charge is 0.316 e. The monoisotopic (exact) mass is 221 g/mol. The highest BCUT2D eigenvalue weighted by Gasteiger charge is 2.03. The van der Waals surface area contributed by atoms with E-state index in [2.05, 4.69) is 43.1 Å². The van der Waals surface area contributed by atoms with Gasteiger partial charge in [0.05, 0.1) is 0 Å². The van der Waals surface area contributed by atoms with Crippen LogP contribution in [0.2, 0.25) is 0 Å². The van der Waals surface area contributed by atoms with Gasteiger partial charge in [-0.1, -0.05) is 23.8 Å². The minimum atomic E-state index is 0.522. The van der Waals surface area contributed by atoms with E-state index < -0.39 is 0 Å². The van der Waals surface area contributed by atoms with Crippen molar-refractivity contribution < 1.29 is 0 Å². The van der Waals surface area contributed by atoms with Crippen LogP contribution in [0.4, 0.5) is 0 Å². The first-order valence-corrected chi connectivity index (χ1v) is 6.22. The molecule has 0 bridgehead atoms. The van der Waals surface area contributed by atoms with Gasteiger partial charge in [-0.05, 0) is 32.5 Å². The molecular weight excluding hydrogens is 202 g/mol. The molecule has 15 heavy (non-hydrogen) atoms. The Hall–Kier alpha value is -0.730. The van der Waals surface area contributed by atoms with Crippen LogP contribution in [0.25, 0.3) is 0 Å². The van der Waals surface area contributed by atoms with Gasteiger partial charge in [-0.15, -0.1) is 18.3 Å². The molecule has 0 saturated heterocycles. The van der Waals surface area contributed by atoms with Crippen LogP contribution in [-0.4, -0.2) is 18.8 Å². The van der Waals surface area contributed by atoms with E-state index in [4.69, 9.17) is 0 Å². The van der Waals surface area contributed by atoms with Crippen molar-refractivity contribution in [2.45, 2.75) is 24.3 Å². The maximum Gasteiger partial charge on any atom is 0.0193 e. The Morgan fingerprint density at radius 1 is 1.40 bits per heavy atom. The van der Waals surface area contributed by atoms with Gasteiger partial charge in [0, 0.05) is 16.7 Å². The molecule has 0 spiro atoms. The second kappa shape index (κ2) is 6.70. The van der Waals surface area contributed by atoms with Crippen LogP contribution in [0.15, 0.2) is 41.8 Å². The molecule has 0 fully saturated rings. The third-order valence-corrected chi connectivity index (χ3v) is 3.51. The summed E-state index contributed by atoms with van der Waals surface area (Å²) < 4.78 is 0. The van der Waals surface area contributed by atoms with Crippen molar-refractivity contribution in [1.29, 1.82) is 0 Å². The Bertz CT molecular complexity index is 292. The summed E-state index contributed by atoms with van der Waals surface area (Å²) in [6.07, 6.45) is 2.99. The van der Waals surface area contributed by atoms with Crippen molar-refractivity contribution in [2.24, 2.45) is 0 Å². The fraction of sp³-hybridized carbons (Fsp3) is 0.385. The zero-order valence-corrected chi connectivity index (χ0v) is 10.3. The summed E-state index contributed by atoms with van der Waals surface area (Å²) in [5, 5.41) is 3.29. The van der Waals surface area contributed by atoms with E-state index in [0.717, 1.165) is 12.2 Å². The van der Waals surface area contributed by atoms with E-state index >= 15 is 0 Å². The normalized spacial score (nSPS) is 12.4. The van der Waals surface area contributed by atoms with Gasteiger partial charge in [0.2, 0.25) is 0 Å². The summed E-state index contributed by atoms with van der Waals surface area (Å²) in [5.74, 6) is 1.09. The molecule has 1 N–H and O–H groups in total. The summed E-state index contributed by atoms with van der Waals surface area (Å²) >= 11 is 1.89.